The lowest BCUT2D eigenvalue weighted by molar-refractivity contribution is 0.867. The number of aromatic nitrogens is 1. The van der Waals surface area contributed by atoms with Crippen LogP contribution in [0, 0.1) is 0 Å². The molecule has 0 spiro atoms. The van der Waals surface area contributed by atoms with Crippen LogP contribution in [-0.2, 0) is 6.54 Å². The van der Waals surface area contributed by atoms with E-state index in [1.165, 1.54) is 5.56 Å². The fourth-order valence-electron chi connectivity index (χ4n) is 2.29. The molecule has 5 nitrogen and oxygen atoms in total. The third-order valence-corrected chi connectivity index (χ3v) is 3.54. The summed E-state index contributed by atoms with van der Waals surface area (Å²) in [4.78, 5) is 10.8. The Hall–Kier alpha value is -2.56. The van der Waals surface area contributed by atoms with Crippen LogP contribution in [0.3, 0.4) is 0 Å². The van der Waals surface area contributed by atoms with E-state index in [4.69, 9.17) is 5.73 Å². The molecule has 2 rings (SSSR count). The third-order valence-electron chi connectivity index (χ3n) is 3.54. The number of guanidine groups is 1. The lowest BCUT2D eigenvalue weighted by atomic mass is 10.0. The fraction of sp³-hybridized carbons (Fsp3) is 0.333. The first kappa shape index (κ1) is 16.8. The zero-order valence-corrected chi connectivity index (χ0v) is 14.2. The monoisotopic (exact) mass is 311 g/mol. The lowest BCUT2D eigenvalue weighted by Crippen LogP contribution is -2.23. The molecule has 2 aromatic rings. The Kier molecular flexibility index (Phi) is 5.57. The highest BCUT2D eigenvalue weighted by Gasteiger charge is 2.05. The van der Waals surface area contributed by atoms with Crippen molar-refractivity contribution < 1.29 is 0 Å². The molecule has 1 aromatic heterocycles. The Balaban J connectivity index is 2.08. The van der Waals surface area contributed by atoms with Gasteiger partial charge in [-0.3, -0.25) is 0 Å². The van der Waals surface area contributed by atoms with Crippen molar-refractivity contribution >= 4 is 17.5 Å². The fourth-order valence-corrected chi connectivity index (χ4v) is 2.29. The van der Waals surface area contributed by atoms with Crippen molar-refractivity contribution in [2.24, 2.45) is 10.7 Å². The molecule has 0 unspecified atom stereocenters. The van der Waals surface area contributed by atoms with Crippen LogP contribution in [-0.4, -0.2) is 25.0 Å². The zero-order valence-electron chi connectivity index (χ0n) is 14.2. The molecule has 1 heterocycles. The Morgan fingerprint density at radius 1 is 1.26 bits per heavy atom. The van der Waals surface area contributed by atoms with E-state index in [-0.39, 0.29) is 0 Å². The normalized spacial score (nSPS) is 11.6. The van der Waals surface area contributed by atoms with Gasteiger partial charge in [-0.25, -0.2) is 9.98 Å². The maximum Gasteiger partial charge on any atom is 0.193 e. The van der Waals surface area contributed by atoms with Crippen molar-refractivity contribution in [3.63, 3.8) is 0 Å². The van der Waals surface area contributed by atoms with Crippen LogP contribution in [0.1, 0.15) is 30.9 Å². The van der Waals surface area contributed by atoms with E-state index in [9.17, 15) is 0 Å². The summed E-state index contributed by atoms with van der Waals surface area (Å²) in [5.74, 6) is 1.79. The van der Waals surface area contributed by atoms with Crippen LogP contribution < -0.4 is 16.0 Å². The molecule has 5 heteroatoms. The molecule has 0 fully saturated rings. The number of anilines is 2. The predicted molar refractivity (Wildman–Crippen MR) is 98.0 cm³/mol. The number of hydrogen-bond acceptors (Lipinski definition) is 3. The van der Waals surface area contributed by atoms with Crippen LogP contribution >= 0.6 is 0 Å². The maximum atomic E-state index is 6.01. The summed E-state index contributed by atoms with van der Waals surface area (Å²) in [6.07, 6.45) is 1.78. The van der Waals surface area contributed by atoms with E-state index in [2.05, 4.69) is 41.3 Å². The molecule has 0 atom stereocenters. The third kappa shape index (κ3) is 4.71. The number of aliphatic imine (C=N–C) groups is 1. The molecule has 0 aliphatic heterocycles. The van der Waals surface area contributed by atoms with E-state index in [1.807, 2.05) is 43.3 Å². The second kappa shape index (κ2) is 7.63. The Morgan fingerprint density at radius 3 is 2.74 bits per heavy atom. The number of nitrogens with two attached hydrogens (primary N) is 1. The van der Waals surface area contributed by atoms with Gasteiger partial charge in [-0.1, -0.05) is 32.0 Å². The highest BCUT2D eigenvalue weighted by atomic mass is 15.1. The highest BCUT2D eigenvalue weighted by molar-refractivity contribution is 5.92. The molecule has 1 aromatic carbocycles. The molecule has 0 aliphatic rings. The minimum Gasteiger partial charge on any atom is -0.370 e. The standard InChI is InChI=1S/C18H25N5/c1-13(2)14-7-5-9-16(11-14)22-18(19)21-12-15-8-6-10-20-17(15)23(3)4/h5-11,13H,12H2,1-4H3,(H3,19,21,22). The minimum atomic E-state index is 0.402. The largest absolute Gasteiger partial charge is 0.370 e. The number of rotatable bonds is 5. The van der Waals surface area contributed by atoms with Crippen LogP contribution in [0.15, 0.2) is 47.6 Å². The topological polar surface area (TPSA) is 66.5 Å². The summed E-state index contributed by atoms with van der Waals surface area (Å²) in [5, 5.41) is 3.15. The van der Waals surface area contributed by atoms with Crippen LogP contribution in [0.5, 0.6) is 0 Å². The van der Waals surface area contributed by atoms with Gasteiger partial charge in [0.15, 0.2) is 5.96 Å². The number of hydrogen-bond donors (Lipinski definition) is 2. The van der Waals surface area contributed by atoms with Crippen LogP contribution in [0.4, 0.5) is 11.5 Å². The first-order valence-electron chi connectivity index (χ1n) is 7.75. The number of pyridine rings is 1. The molecule has 0 aliphatic carbocycles. The van der Waals surface area contributed by atoms with Gasteiger partial charge in [0.2, 0.25) is 0 Å². The van der Waals surface area contributed by atoms with Crippen LogP contribution in [0.25, 0.3) is 0 Å². The predicted octanol–water partition coefficient (Wildman–Crippen LogP) is 3.20. The highest BCUT2D eigenvalue weighted by Crippen LogP contribution is 2.19. The average Bonchev–Trinajstić information content (AvgIpc) is 2.53. The summed E-state index contributed by atoms with van der Waals surface area (Å²) >= 11 is 0. The number of benzene rings is 1. The van der Waals surface area contributed by atoms with Gasteiger partial charge in [0.1, 0.15) is 5.82 Å². The van der Waals surface area contributed by atoms with E-state index < -0.39 is 0 Å². The summed E-state index contributed by atoms with van der Waals surface area (Å²) in [7, 11) is 3.93. The second-order valence-corrected chi connectivity index (χ2v) is 5.99. The Labute approximate surface area is 138 Å². The summed E-state index contributed by atoms with van der Waals surface area (Å²) < 4.78 is 0. The molecule has 0 saturated carbocycles. The average molecular weight is 311 g/mol. The smallest absolute Gasteiger partial charge is 0.193 e. The summed E-state index contributed by atoms with van der Waals surface area (Å²) in [6, 6.07) is 12.1. The molecule has 0 bridgehead atoms. The summed E-state index contributed by atoms with van der Waals surface area (Å²) in [6.45, 7) is 4.83. The van der Waals surface area contributed by atoms with E-state index in [0.29, 0.717) is 18.4 Å². The maximum absolute atomic E-state index is 6.01. The molecule has 0 saturated heterocycles. The van der Waals surface area contributed by atoms with Crippen molar-refractivity contribution in [1.82, 2.24) is 4.98 Å². The van der Waals surface area contributed by atoms with Gasteiger partial charge >= 0.3 is 0 Å². The zero-order chi connectivity index (χ0) is 16.8. The van der Waals surface area contributed by atoms with Gasteiger partial charge in [0, 0.05) is 31.5 Å². The van der Waals surface area contributed by atoms with E-state index in [0.717, 1.165) is 17.1 Å². The van der Waals surface area contributed by atoms with Crippen molar-refractivity contribution in [1.29, 1.82) is 0 Å². The molecular weight excluding hydrogens is 286 g/mol. The van der Waals surface area contributed by atoms with Gasteiger partial charge < -0.3 is 16.0 Å². The number of nitrogens with one attached hydrogen (secondary N) is 1. The Bertz CT molecular complexity index is 677. The molecule has 0 radical (unpaired) electrons. The van der Waals surface area contributed by atoms with Gasteiger partial charge in [0.25, 0.3) is 0 Å². The van der Waals surface area contributed by atoms with Gasteiger partial charge in [0.05, 0.1) is 6.54 Å². The van der Waals surface area contributed by atoms with Crippen LogP contribution in [0.2, 0.25) is 0 Å². The first-order valence-corrected chi connectivity index (χ1v) is 7.75. The molecule has 23 heavy (non-hydrogen) atoms. The SMILES string of the molecule is CC(C)c1cccc(NC(N)=NCc2cccnc2N(C)C)c1. The van der Waals surface area contributed by atoms with Gasteiger partial charge in [-0.05, 0) is 29.7 Å². The quantitative estimate of drug-likeness (QED) is 0.657. The van der Waals surface area contributed by atoms with Crippen molar-refractivity contribution in [3.8, 4) is 0 Å². The Morgan fingerprint density at radius 2 is 2.04 bits per heavy atom. The molecule has 0 amide bonds. The molecular formula is C18H25N5. The van der Waals surface area contributed by atoms with E-state index >= 15 is 0 Å². The first-order chi connectivity index (χ1) is 11.0. The molecule has 122 valence electrons. The molecule has 3 N–H and O–H groups in total. The van der Waals surface area contributed by atoms with E-state index in [1.54, 1.807) is 6.20 Å². The second-order valence-electron chi connectivity index (χ2n) is 5.99. The van der Waals surface area contributed by atoms with Gasteiger partial charge in [-0.15, -0.1) is 0 Å². The lowest BCUT2D eigenvalue weighted by Gasteiger charge is -2.15. The number of nitrogens with zero attached hydrogens (tertiary/aromatic N) is 3. The van der Waals surface area contributed by atoms with Gasteiger partial charge in [-0.2, -0.15) is 0 Å². The van der Waals surface area contributed by atoms with Crippen molar-refractivity contribution in [3.05, 3.63) is 53.7 Å². The van der Waals surface area contributed by atoms with Crippen molar-refractivity contribution in [2.45, 2.75) is 26.3 Å². The summed E-state index contributed by atoms with van der Waals surface area (Å²) in [5.41, 5.74) is 9.27. The van der Waals surface area contributed by atoms with Crippen molar-refractivity contribution in [2.75, 3.05) is 24.3 Å². The minimum absolute atomic E-state index is 0.402.